The predicted octanol–water partition coefficient (Wildman–Crippen LogP) is 2.00. The number of amides is 2. The predicted molar refractivity (Wildman–Crippen MR) is 130 cm³/mol. The van der Waals surface area contributed by atoms with Crippen molar-refractivity contribution in [1.29, 1.82) is 0 Å². The van der Waals surface area contributed by atoms with Gasteiger partial charge >= 0.3 is 0 Å². The van der Waals surface area contributed by atoms with E-state index >= 15 is 0 Å². The van der Waals surface area contributed by atoms with Crippen LogP contribution in [0.1, 0.15) is 36.5 Å². The van der Waals surface area contributed by atoms with Crippen molar-refractivity contribution in [2.24, 2.45) is 0 Å². The van der Waals surface area contributed by atoms with Crippen molar-refractivity contribution in [2.45, 2.75) is 56.4 Å². The zero-order valence-electron chi connectivity index (χ0n) is 20.0. The lowest BCUT2D eigenvalue weighted by Gasteiger charge is -2.36. The van der Waals surface area contributed by atoms with Crippen molar-refractivity contribution in [3.05, 3.63) is 71.3 Å². The summed E-state index contributed by atoms with van der Waals surface area (Å²) in [6, 6.07) is 12.9. The number of rotatable bonds is 6. The molecule has 2 aromatic rings. The lowest BCUT2D eigenvalue weighted by atomic mass is 9.69. The Morgan fingerprint density at radius 2 is 2.06 bits per heavy atom. The average Bonchev–Trinajstić information content (AvgIpc) is 3.08. The summed E-state index contributed by atoms with van der Waals surface area (Å²) >= 11 is 0. The van der Waals surface area contributed by atoms with Crippen LogP contribution in [-0.2, 0) is 28.0 Å². The maximum Gasteiger partial charge on any atom is 0.257 e. The summed E-state index contributed by atoms with van der Waals surface area (Å²) in [4.78, 5) is 25.1. The molecule has 2 amide bonds. The molecule has 4 atom stereocenters. The molecule has 0 fully saturated rings. The molecule has 2 heterocycles. The molecule has 0 saturated carbocycles. The van der Waals surface area contributed by atoms with E-state index in [4.69, 9.17) is 9.47 Å². The third-order valence-corrected chi connectivity index (χ3v) is 7.20. The second kappa shape index (κ2) is 9.36. The highest BCUT2D eigenvalue weighted by molar-refractivity contribution is 5.86. The average molecular weight is 478 g/mol. The summed E-state index contributed by atoms with van der Waals surface area (Å²) in [7, 11) is 1.62. The first-order valence-corrected chi connectivity index (χ1v) is 12.0. The number of aliphatic hydroxyl groups excluding tert-OH is 1. The fourth-order valence-electron chi connectivity index (χ4n) is 5.57. The summed E-state index contributed by atoms with van der Waals surface area (Å²) < 4.78 is 11.9. The molecule has 8 heteroatoms. The number of benzene rings is 2. The van der Waals surface area contributed by atoms with Crippen LogP contribution in [0.4, 0.5) is 0 Å². The Hall–Kier alpha value is -3.36. The van der Waals surface area contributed by atoms with E-state index in [1.54, 1.807) is 7.11 Å². The molecule has 2 aromatic carbocycles. The first kappa shape index (κ1) is 23.4. The minimum atomic E-state index is -0.688. The van der Waals surface area contributed by atoms with Gasteiger partial charge in [-0.1, -0.05) is 48.6 Å². The van der Waals surface area contributed by atoms with Gasteiger partial charge in [-0.3, -0.25) is 15.0 Å². The van der Waals surface area contributed by atoms with Crippen LogP contribution in [0.2, 0.25) is 0 Å². The molecule has 0 bridgehead atoms. The molecule has 0 unspecified atom stereocenters. The molecule has 184 valence electrons. The van der Waals surface area contributed by atoms with Crippen molar-refractivity contribution in [3.63, 3.8) is 0 Å². The van der Waals surface area contributed by atoms with Crippen molar-refractivity contribution in [3.8, 4) is 11.5 Å². The first-order valence-electron chi connectivity index (χ1n) is 12.0. The van der Waals surface area contributed by atoms with Gasteiger partial charge in [0, 0.05) is 38.4 Å². The van der Waals surface area contributed by atoms with Gasteiger partial charge in [-0.25, -0.2) is 5.01 Å². The lowest BCUT2D eigenvalue weighted by Crippen LogP contribution is -2.53. The van der Waals surface area contributed by atoms with Crippen LogP contribution >= 0.6 is 0 Å². The zero-order chi connectivity index (χ0) is 24.6. The minimum absolute atomic E-state index is 0.201. The molecular weight excluding hydrogens is 446 g/mol. The van der Waals surface area contributed by atoms with E-state index < -0.39 is 12.1 Å². The Morgan fingerprint density at radius 1 is 1.26 bits per heavy atom. The molecule has 0 radical (unpaired) electrons. The summed E-state index contributed by atoms with van der Waals surface area (Å²) in [5.41, 5.74) is 5.75. The molecule has 0 aromatic heterocycles. The highest BCUT2D eigenvalue weighted by atomic mass is 16.5. The molecule has 35 heavy (non-hydrogen) atoms. The Kier molecular flexibility index (Phi) is 6.25. The van der Waals surface area contributed by atoms with Crippen LogP contribution in [-0.4, -0.2) is 53.8 Å². The maximum atomic E-state index is 13.3. The summed E-state index contributed by atoms with van der Waals surface area (Å²) in [6.45, 7) is 2.49. The Morgan fingerprint density at radius 3 is 2.80 bits per heavy atom. The van der Waals surface area contributed by atoms with Crippen LogP contribution in [0.5, 0.6) is 11.5 Å². The normalized spacial score (nSPS) is 25.5. The topological polar surface area (TPSA) is 100 Å². The standard InChI is InChI=1S/C27H31N3O5/c1-17(31)28-21(14-18-6-4-3-5-7-18)26(33)29-30-13-12-27-11-10-20(32)15-23(27)35-25-22(34-2)9-8-19(16-30)24(25)27/h3-11,20-21,23,32H,12-16H2,1-2H3,(H,28,31)(H,29,33)/t20-,21-,23-,27-/m0/s1. The number of hydrogen-bond acceptors (Lipinski definition) is 6. The van der Waals surface area contributed by atoms with Gasteiger partial charge in [-0.2, -0.15) is 0 Å². The van der Waals surface area contributed by atoms with E-state index in [9.17, 15) is 14.7 Å². The summed E-state index contributed by atoms with van der Waals surface area (Å²) in [6.07, 6.45) is 4.77. The van der Waals surface area contributed by atoms with Gasteiger partial charge in [0.05, 0.1) is 18.6 Å². The fraction of sp³-hybridized carbons (Fsp3) is 0.407. The first-order chi connectivity index (χ1) is 16.9. The van der Waals surface area contributed by atoms with Crippen molar-refractivity contribution in [2.75, 3.05) is 13.7 Å². The van der Waals surface area contributed by atoms with Gasteiger partial charge in [-0.05, 0) is 23.6 Å². The zero-order valence-corrected chi connectivity index (χ0v) is 20.0. The van der Waals surface area contributed by atoms with Crippen LogP contribution in [0, 0.1) is 0 Å². The number of nitrogens with one attached hydrogen (secondary N) is 2. The molecule has 8 nitrogen and oxygen atoms in total. The molecule has 0 saturated heterocycles. The third kappa shape index (κ3) is 4.39. The van der Waals surface area contributed by atoms with Crippen molar-refractivity contribution >= 4 is 11.8 Å². The van der Waals surface area contributed by atoms with Gasteiger partial charge < -0.3 is 19.9 Å². The lowest BCUT2D eigenvalue weighted by molar-refractivity contribution is -0.131. The van der Waals surface area contributed by atoms with E-state index in [1.807, 2.05) is 53.5 Å². The third-order valence-electron chi connectivity index (χ3n) is 7.20. The smallest absolute Gasteiger partial charge is 0.257 e. The monoisotopic (exact) mass is 477 g/mol. The Balaban J connectivity index is 1.41. The van der Waals surface area contributed by atoms with E-state index in [-0.39, 0.29) is 23.3 Å². The van der Waals surface area contributed by atoms with Gasteiger partial charge in [0.15, 0.2) is 11.5 Å². The SMILES string of the molecule is COc1ccc2c3c1O[C@H]1C[C@@H](O)C=C[C@@]31CCN(NC(=O)[C@H](Cc1ccccc1)NC(C)=O)C2. The highest BCUT2D eigenvalue weighted by Crippen LogP contribution is 2.55. The molecular formula is C27H31N3O5. The van der Waals surface area contributed by atoms with Gasteiger partial charge in [0.1, 0.15) is 12.1 Å². The van der Waals surface area contributed by atoms with E-state index in [1.165, 1.54) is 6.92 Å². The number of nitrogens with zero attached hydrogens (tertiary/aromatic N) is 1. The molecule has 1 spiro atoms. The van der Waals surface area contributed by atoms with Gasteiger partial charge in [-0.15, -0.1) is 0 Å². The quantitative estimate of drug-likeness (QED) is 0.551. The van der Waals surface area contributed by atoms with Gasteiger partial charge in [0.2, 0.25) is 5.91 Å². The number of ether oxygens (including phenoxy) is 2. The number of carbonyl (C=O) groups excluding carboxylic acids is 2. The number of hydrazine groups is 1. The molecule has 1 aliphatic carbocycles. The largest absolute Gasteiger partial charge is 0.493 e. The Bertz CT molecular complexity index is 1150. The number of methoxy groups -OCH3 is 1. The molecule has 2 aliphatic heterocycles. The van der Waals surface area contributed by atoms with E-state index in [0.717, 1.165) is 22.4 Å². The summed E-state index contributed by atoms with van der Waals surface area (Å²) in [5, 5.41) is 15.0. The Labute approximate surface area is 204 Å². The second-order valence-corrected chi connectivity index (χ2v) is 9.53. The molecule has 5 rings (SSSR count). The van der Waals surface area contributed by atoms with Gasteiger partial charge in [0.25, 0.3) is 5.91 Å². The number of hydrogen-bond donors (Lipinski definition) is 3. The molecule has 3 aliphatic rings. The number of carbonyl (C=O) groups is 2. The van der Waals surface area contributed by atoms with Crippen LogP contribution in [0.3, 0.4) is 0 Å². The minimum Gasteiger partial charge on any atom is -0.493 e. The highest BCUT2D eigenvalue weighted by Gasteiger charge is 2.53. The van der Waals surface area contributed by atoms with E-state index in [2.05, 4.69) is 16.8 Å². The van der Waals surface area contributed by atoms with E-state index in [0.29, 0.717) is 38.1 Å². The fourth-order valence-corrected chi connectivity index (χ4v) is 5.57. The van der Waals surface area contributed by atoms with Crippen molar-refractivity contribution in [1.82, 2.24) is 15.8 Å². The van der Waals surface area contributed by atoms with Crippen molar-refractivity contribution < 1.29 is 24.2 Å². The summed E-state index contributed by atoms with van der Waals surface area (Å²) in [5.74, 6) is 0.890. The molecule has 3 N–H and O–H groups in total. The number of aliphatic hydroxyl groups is 1. The van der Waals surface area contributed by atoms with Crippen LogP contribution in [0.25, 0.3) is 0 Å². The van der Waals surface area contributed by atoms with Crippen LogP contribution in [0.15, 0.2) is 54.6 Å². The maximum absolute atomic E-state index is 13.3. The second-order valence-electron chi connectivity index (χ2n) is 9.53. The van der Waals surface area contributed by atoms with Crippen LogP contribution < -0.4 is 20.2 Å².